The molecule has 0 fully saturated rings. The van der Waals surface area contributed by atoms with E-state index in [1.807, 2.05) is 48.5 Å². The zero-order chi connectivity index (χ0) is 64.1. The van der Waals surface area contributed by atoms with E-state index in [0.717, 1.165) is 39.3 Å². The standard InChI is InChI=1S/C51H69BCl3N8O14.C5H11NO2/c1-7-43(68)60(30-41(66)57-20-24-63(45(70)26-52-47(72)77-50(4,5)6)31-42(67)56-19-23-61(28-34(3)64)44(69)8-2)22-13-14-35(65)29-62(46(71)27-59-49(74)76-33-51(53,54)55)25-21-58-48(73)75-32-40-38-17-11-9-15-36(38)37-16-10-12-18-39(37)40;1-5(2,3)8-4(6)7/h9-12,15-18,40H,7-8,13-14,19-33H2,1-6H3,(H,56,67)(H,57,66)(H,58,73)(H,59,74);1-3H3,(H2,6,7). The maximum absolute atomic E-state index is 13.4. The van der Waals surface area contributed by atoms with Gasteiger partial charge in [0.05, 0.1) is 26.2 Å². The fraction of sp³-hybridized carbons (Fsp3) is 0.571. The van der Waals surface area contributed by atoms with E-state index in [2.05, 4.69) is 26.0 Å². The number of alkyl halides is 3. The van der Waals surface area contributed by atoms with Crippen molar-refractivity contribution in [3.05, 3.63) is 59.7 Å². The molecule has 85 heavy (non-hydrogen) atoms. The van der Waals surface area contributed by atoms with Crippen molar-refractivity contribution < 1.29 is 76.5 Å². The summed E-state index contributed by atoms with van der Waals surface area (Å²) in [7, 11) is 1.03. The Balaban J connectivity index is 0.00000286. The molecule has 0 heterocycles. The van der Waals surface area contributed by atoms with Crippen molar-refractivity contribution >= 4 is 113 Å². The highest BCUT2D eigenvalue weighted by atomic mass is 35.6. The lowest BCUT2D eigenvalue weighted by atomic mass is 9.74. The Labute approximate surface area is 511 Å². The van der Waals surface area contributed by atoms with E-state index < -0.39 is 114 Å². The number of fused-ring (bicyclic) bond motifs is 3. The molecule has 0 unspecified atom stereocenters. The molecule has 0 atom stereocenters. The second-order valence-electron chi connectivity index (χ2n) is 21.3. The lowest BCUT2D eigenvalue weighted by molar-refractivity contribution is -0.136. The van der Waals surface area contributed by atoms with Crippen LogP contribution in [0.2, 0.25) is 6.32 Å². The summed E-state index contributed by atoms with van der Waals surface area (Å²) in [6.45, 7) is 11.4. The zero-order valence-corrected chi connectivity index (χ0v) is 52.0. The molecule has 9 amide bonds. The number of carbonyl (C=O) groups excluding carboxylic acids is 12. The van der Waals surface area contributed by atoms with E-state index in [1.54, 1.807) is 55.4 Å². The zero-order valence-electron chi connectivity index (χ0n) is 49.7. The van der Waals surface area contributed by atoms with Gasteiger partial charge in [-0.15, -0.1) is 0 Å². The minimum atomic E-state index is -1.91. The summed E-state index contributed by atoms with van der Waals surface area (Å²) in [6.07, 6.45) is -2.91. The van der Waals surface area contributed by atoms with Crippen LogP contribution in [0.3, 0.4) is 0 Å². The van der Waals surface area contributed by atoms with Crippen molar-refractivity contribution in [2.75, 3.05) is 91.8 Å². The normalized spacial score (nSPS) is 11.6. The van der Waals surface area contributed by atoms with Gasteiger partial charge in [0.25, 0.3) is 7.28 Å². The van der Waals surface area contributed by atoms with Crippen molar-refractivity contribution in [1.82, 2.24) is 40.9 Å². The van der Waals surface area contributed by atoms with Crippen LogP contribution in [-0.2, 0) is 57.3 Å². The van der Waals surface area contributed by atoms with Crippen molar-refractivity contribution in [3.8, 4) is 11.1 Å². The first kappa shape index (κ1) is 73.9. The number of halogens is 3. The van der Waals surface area contributed by atoms with E-state index in [1.165, 1.54) is 16.7 Å². The topological polar surface area (TPSA) is 329 Å². The summed E-state index contributed by atoms with van der Waals surface area (Å²) in [4.78, 5) is 155. The van der Waals surface area contributed by atoms with Gasteiger partial charge in [0, 0.05) is 77.3 Å². The molecule has 0 bridgehead atoms. The average Bonchev–Trinajstić information content (AvgIpc) is 1.92. The Morgan fingerprint density at radius 3 is 1.49 bits per heavy atom. The lowest BCUT2D eigenvalue weighted by Gasteiger charge is -2.25. The molecule has 2 aromatic carbocycles. The number of carbonyl (C=O) groups is 12. The molecule has 0 spiro atoms. The van der Waals surface area contributed by atoms with Gasteiger partial charge in [0.1, 0.15) is 36.7 Å². The van der Waals surface area contributed by atoms with Crippen LogP contribution < -0.4 is 27.0 Å². The Hall–Kier alpha value is -7.19. The quantitative estimate of drug-likeness (QED) is 0.0382. The van der Waals surface area contributed by atoms with Crippen LogP contribution in [0.5, 0.6) is 0 Å². The highest BCUT2D eigenvalue weighted by Crippen LogP contribution is 2.44. The molecule has 2 aromatic rings. The summed E-state index contributed by atoms with van der Waals surface area (Å²) in [5.41, 5.74) is 7.56. The average molecular weight is 1250 g/mol. The molecular formula is C56H80BCl3N9O16. The third-order valence-electron chi connectivity index (χ3n) is 11.8. The first-order valence-corrected chi connectivity index (χ1v) is 28.6. The van der Waals surface area contributed by atoms with Crippen molar-refractivity contribution in [3.63, 3.8) is 0 Å². The van der Waals surface area contributed by atoms with E-state index in [9.17, 15) is 57.5 Å². The predicted molar refractivity (Wildman–Crippen MR) is 318 cm³/mol. The highest BCUT2D eigenvalue weighted by Gasteiger charge is 2.30. The van der Waals surface area contributed by atoms with Crippen molar-refractivity contribution in [1.29, 1.82) is 0 Å². The summed E-state index contributed by atoms with van der Waals surface area (Å²) in [5.74, 6) is -4.95. The fourth-order valence-corrected chi connectivity index (χ4v) is 8.27. The molecule has 1 radical (unpaired) electrons. The molecular weight excluding hydrogens is 1170 g/mol. The number of ether oxygens (including phenoxy) is 4. The van der Waals surface area contributed by atoms with E-state index in [4.69, 9.17) is 54.7 Å². The van der Waals surface area contributed by atoms with Gasteiger partial charge in [0.2, 0.25) is 45.1 Å². The van der Waals surface area contributed by atoms with Crippen molar-refractivity contribution in [2.45, 2.75) is 115 Å². The first-order chi connectivity index (χ1) is 39.7. The third kappa shape index (κ3) is 31.0. The minimum absolute atomic E-state index is 0.0158. The van der Waals surface area contributed by atoms with Gasteiger partial charge >= 0.3 is 18.3 Å². The fourth-order valence-electron chi connectivity index (χ4n) is 8.11. The molecule has 0 aliphatic heterocycles. The molecule has 1 aliphatic carbocycles. The molecule has 0 saturated carbocycles. The van der Waals surface area contributed by atoms with Crippen LogP contribution in [0.25, 0.3) is 11.1 Å². The van der Waals surface area contributed by atoms with Gasteiger partial charge < -0.3 is 65.5 Å². The number of rotatable bonds is 31. The predicted octanol–water partition coefficient (Wildman–Crippen LogP) is 4.86. The maximum atomic E-state index is 13.4. The van der Waals surface area contributed by atoms with Gasteiger partial charge in [0.15, 0.2) is 5.78 Å². The second-order valence-corrected chi connectivity index (χ2v) is 23.8. The number of ketones is 2. The maximum Gasteiger partial charge on any atom is 0.407 e. The van der Waals surface area contributed by atoms with Gasteiger partial charge in [-0.25, -0.2) is 14.4 Å². The van der Waals surface area contributed by atoms with Gasteiger partial charge in [-0.3, -0.25) is 43.2 Å². The number of Topliss-reactive ketones (excluding diaryl/α,β-unsaturated/α-hetero) is 2. The number of nitrogens with two attached hydrogens (primary N) is 1. The summed E-state index contributed by atoms with van der Waals surface area (Å²) < 4.78 is 18.3. The lowest BCUT2D eigenvalue weighted by Crippen LogP contribution is -2.47. The Kier molecular flexibility index (Phi) is 31.8. The van der Waals surface area contributed by atoms with Gasteiger partial charge in [-0.2, -0.15) is 0 Å². The Morgan fingerprint density at radius 1 is 0.576 bits per heavy atom. The third-order valence-corrected chi connectivity index (χ3v) is 12.1. The van der Waals surface area contributed by atoms with Gasteiger partial charge in [-0.05, 0) is 77.1 Å². The van der Waals surface area contributed by atoms with Crippen LogP contribution in [-0.4, -0.2) is 205 Å². The number of hydrogen-bond acceptors (Lipinski definition) is 16. The number of alkyl carbamates (subject to hydrolysis) is 2. The van der Waals surface area contributed by atoms with Crippen LogP contribution in [0.4, 0.5) is 19.2 Å². The largest absolute Gasteiger partial charge is 0.468 e. The van der Waals surface area contributed by atoms with Gasteiger partial charge in [-0.1, -0.05) is 97.2 Å². The number of hydrogen-bond donors (Lipinski definition) is 5. The van der Waals surface area contributed by atoms with Crippen LogP contribution in [0.15, 0.2) is 48.5 Å². The van der Waals surface area contributed by atoms with Crippen LogP contribution >= 0.6 is 34.8 Å². The molecule has 25 nitrogen and oxygen atoms in total. The minimum Gasteiger partial charge on any atom is -0.468 e. The second kappa shape index (κ2) is 36.6. The highest BCUT2D eigenvalue weighted by molar-refractivity contribution is 6.74. The number of amides is 9. The Bertz CT molecular complexity index is 2600. The SMILES string of the molecule is CC(C)(C)OC(N)=O.CCC(=O)N(CCNC(=O)CN(CCNC(=O)CN(CCCC(=O)CN(CCNC(=O)OCC1c2ccccc2-c2ccccc21)C(=O)CNC(=O)OCC(Cl)(Cl)Cl)C(=O)CC)C(=O)C[B]C(=O)OC(C)(C)C)CC(C)=O. The number of primary amides is 1. The molecule has 3 rings (SSSR count). The monoisotopic (exact) mass is 1250 g/mol. The molecule has 1 aliphatic rings. The number of nitrogens with one attached hydrogen (secondary N) is 4. The molecule has 0 aromatic heterocycles. The van der Waals surface area contributed by atoms with Crippen molar-refractivity contribution in [2.24, 2.45) is 5.73 Å². The van der Waals surface area contributed by atoms with E-state index in [-0.39, 0.29) is 102 Å². The van der Waals surface area contributed by atoms with E-state index >= 15 is 0 Å². The molecule has 29 heteroatoms. The number of nitrogens with zero attached hydrogens (tertiary/aromatic N) is 4. The molecule has 469 valence electrons. The van der Waals surface area contributed by atoms with E-state index in [0.29, 0.717) is 0 Å². The Morgan fingerprint density at radius 2 is 1.04 bits per heavy atom. The summed E-state index contributed by atoms with van der Waals surface area (Å²) >= 11 is 16.9. The molecule has 0 saturated heterocycles. The summed E-state index contributed by atoms with van der Waals surface area (Å²) in [5, 5.41) is 10.1. The van der Waals surface area contributed by atoms with Crippen LogP contribution in [0, 0.1) is 0 Å². The number of benzene rings is 2. The van der Waals surface area contributed by atoms with Crippen LogP contribution in [0.1, 0.15) is 105 Å². The smallest absolute Gasteiger partial charge is 0.407 e. The molecule has 6 N–H and O–H groups in total. The summed E-state index contributed by atoms with van der Waals surface area (Å²) in [6, 6.07) is 15.7. The first-order valence-electron chi connectivity index (χ1n) is 27.5.